The first kappa shape index (κ1) is 11.2. The molecule has 1 unspecified atom stereocenters. The molecule has 0 fully saturated rings. The largest absolute Gasteiger partial charge is 0.496 e. The van der Waals surface area contributed by atoms with Gasteiger partial charge in [0.15, 0.2) is 0 Å². The third kappa shape index (κ3) is 1.85. The van der Waals surface area contributed by atoms with Gasteiger partial charge >= 0.3 is 0 Å². The summed E-state index contributed by atoms with van der Waals surface area (Å²) in [6.07, 6.45) is 4.30. The van der Waals surface area contributed by atoms with Gasteiger partial charge in [-0.15, -0.1) is 0 Å². The zero-order valence-corrected chi connectivity index (χ0v) is 9.86. The average Bonchev–Trinajstić information content (AvgIpc) is 2.36. The van der Waals surface area contributed by atoms with Gasteiger partial charge in [-0.1, -0.05) is 25.1 Å². The summed E-state index contributed by atoms with van der Waals surface area (Å²) in [5, 5.41) is 9.27. The summed E-state index contributed by atoms with van der Waals surface area (Å²) in [7, 11) is 1.71. The Bertz CT molecular complexity index is 407. The van der Waals surface area contributed by atoms with E-state index in [4.69, 9.17) is 4.74 Å². The van der Waals surface area contributed by atoms with Crippen LogP contribution in [0.25, 0.3) is 5.57 Å². The van der Waals surface area contributed by atoms with E-state index in [1.807, 2.05) is 12.1 Å². The average molecular weight is 218 g/mol. The Morgan fingerprint density at radius 3 is 2.94 bits per heavy atom. The molecule has 0 saturated carbocycles. The molecule has 0 spiro atoms. The molecule has 16 heavy (non-hydrogen) atoms. The summed E-state index contributed by atoms with van der Waals surface area (Å²) in [5.41, 5.74) is 3.78. The maximum Gasteiger partial charge on any atom is 0.122 e. The van der Waals surface area contributed by atoms with Gasteiger partial charge in [0.2, 0.25) is 0 Å². The summed E-state index contributed by atoms with van der Waals surface area (Å²) in [6, 6.07) is 6.14. The summed E-state index contributed by atoms with van der Waals surface area (Å²) < 4.78 is 5.38. The van der Waals surface area contributed by atoms with Gasteiger partial charge in [0.25, 0.3) is 0 Å². The van der Waals surface area contributed by atoms with Gasteiger partial charge in [-0.05, 0) is 30.0 Å². The van der Waals surface area contributed by atoms with Crippen LogP contribution in [0, 0.1) is 5.92 Å². The maximum atomic E-state index is 9.27. The molecule has 0 amide bonds. The Labute approximate surface area is 96.6 Å². The number of rotatable bonds is 3. The van der Waals surface area contributed by atoms with Crippen LogP contribution in [0.3, 0.4) is 0 Å². The van der Waals surface area contributed by atoms with Crippen LogP contribution in [-0.4, -0.2) is 18.8 Å². The van der Waals surface area contributed by atoms with E-state index in [2.05, 4.69) is 19.1 Å². The van der Waals surface area contributed by atoms with E-state index in [-0.39, 0.29) is 12.5 Å². The SMILES string of the molecule is COc1cccc2c1CCC=C2C(C)CO. The molecule has 2 nitrogen and oxygen atoms in total. The number of allylic oxidation sites excluding steroid dienone is 1. The van der Waals surface area contributed by atoms with Crippen LogP contribution in [-0.2, 0) is 6.42 Å². The monoisotopic (exact) mass is 218 g/mol. The fourth-order valence-electron chi connectivity index (χ4n) is 2.33. The quantitative estimate of drug-likeness (QED) is 0.845. The molecule has 2 rings (SSSR count). The molecule has 1 aliphatic carbocycles. The van der Waals surface area contributed by atoms with Crippen LogP contribution in [0.5, 0.6) is 5.75 Å². The van der Waals surface area contributed by atoms with E-state index in [0.717, 1.165) is 18.6 Å². The lowest BCUT2D eigenvalue weighted by molar-refractivity contribution is 0.265. The zero-order chi connectivity index (χ0) is 11.5. The zero-order valence-electron chi connectivity index (χ0n) is 9.86. The summed E-state index contributed by atoms with van der Waals surface area (Å²) in [6.45, 7) is 2.25. The van der Waals surface area contributed by atoms with Gasteiger partial charge in [0.05, 0.1) is 7.11 Å². The van der Waals surface area contributed by atoms with Crippen LogP contribution in [0.4, 0.5) is 0 Å². The summed E-state index contributed by atoms with van der Waals surface area (Å²) >= 11 is 0. The van der Waals surface area contributed by atoms with E-state index in [0.29, 0.717) is 0 Å². The van der Waals surface area contributed by atoms with E-state index < -0.39 is 0 Å². The Hall–Kier alpha value is -1.28. The number of ether oxygens (including phenoxy) is 1. The van der Waals surface area contributed by atoms with Crippen LogP contribution in [0.15, 0.2) is 24.3 Å². The lowest BCUT2D eigenvalue weighted by Gasteiger charge is -2.23. The molecule has 1 aromatic rings. The number of aliphatic hydroxyl groups excluding tert-OH is 1. The number of benzene rings is 1. The van der Waals surface area contributed by atoms with Gasteiger partial charge in [-0.25, -0.2) is 0 Å². The van der Waals surface area contributed by atoms with Crippen LogP contribution in [0.2, 0.25) is 0 Å². The molecule has 1 atom stereocenters. The van der Waals surface area contributed by atoms with Crippen molar-refractivity contribution in [3.8, 4) is 5.75 Å². The number of fused-ring (bicyclic) bond motifs is 1. The smallest absolute Gasteiger partial charge is 0.122 e. The molecule has 86 valence electrons. The second-order valence-electron chi connectivity index (χ2n) is 4.27. The van der Waals surface area contributed by atoms with E-state index in [1.54, 1.807) is 7.11 Å². The van der Waals surface area contributed by atoms with Crippen molar-refractivity contribution in [3.05, 3.63) is 35.4 Å². The maximum absolute atomic E-state index is 9.27. The Morgan fingerprint density at radius 2 is 2.25 bits per heavy atom. The first-order chi connectivity index (χ1) is 7.77. The standard InChI is InChI=1S/C14H18O2/c1-10(9-15)11-5-3-7-13-12(11)6-4-8-14(13)16-2/h4-6,8,10,15H,3,7,9H2,1-2H3. The number of hydrogen-bond donors (Lipinski definition) is 1. The molecular formula is C14H18O2. The van der Waals surface area contributed by atoms with Crippen molar-refractivity contribution < 1.29 is 9.84 Å². The second-order valence-corrected chi connectivity index (χ2v) is 4.27. The van der Waals surface area contributed by atoms with Gasteiger partial charge in [0.1, 0.15) is 5.75 Å². The Morgan fingerprint density at radius 1 is 1.44 bits per heavy atom. The molecule has 0 radical (unpaired) electrons. The summed E-state index contributed by atoms with van der Waals surface area (Å²) in [4.78, 5) is 0. The number of methoxy groups -OCH3 is 1. The molecule has 1 N–H and O–H groups in total. The molecule has 0 aliphatic heterocycles. The summed E-state index contributed by atoms with van der Waals surface area (Å²) in [5.74, 6) is 1.17. The fourth-order valence-corrected chi connectivity index (χ4v) is 2.33. The molecule has 2 heteroatoms. The van der Waals surface area contributed by atoms with Crippen LogP contribution in [0.1, 0.15) is 24.5 Å². The minimum absolute atomic E-state index is 0.197. The first-order valence-corrected chi connectivity index (χ1v) is 5.75. The fraction of sp³-hybridized carbons (Fsp3) is 0.429. The van der Waals surface area contributed by atoms with E-state index >= 15 is 0 Å². The Kier molecular flexibility index (Phi) is 3.30. The van der Waals surface area contributed by atoms with Crippen molar-refractivity contribution in [3.63, 3.8) is 0 Å². The molecule has 0 heterocycles. The van der Waals surface area contributed by atoms with E-state index in [1.165, 1.54) is 16.7 Å². The van der Waals surface area contributed by atoms with Gasteiger partial charge < -0.3 is 9.84 Å². The highest BCUT2D eigenvalue weighted by molar-refractivity contribution is 5.73. The molecular weight excluding hydrogens is 200 g/mol. The third-order valence-corrected chi connectivity index (χ3v) is 3.23. The van der Waals surface area contributed by atoms with Crippen molar-refractivity contribution in [1.29, 1.82) is 0 Å². The number of aliphatic hydroxyl groups is 1. The number of hydrogen-bond acceptors (Lipinski definition) is 2. The molecule has 0 bridgehead atoms. The normalized spacial score (nSPS) is 16.3. The van der Waals surface area contributed by atoms with Crippen molar-refractivity contribution in [2.24, 2.45) is 5.92 Å². The second kappa shape index (κ2) is 4.71. The molecule has 0 aromatic heterocycles. The molecule has 1 aromatic carbocycles. The lowest BCUT2D eigenvalue weighted by Crippen LogP contribution is -2.10. The highest BCUT2D eigenvalue weighted by atomic mass is 16.5. The highest BCUT2D eigenvalue weighted by Gasteiger charge is 2.19. The Balaban J connectivity index is 2.46. The van der Waals surface area contributed by atoms with Gasteiger partial charge in [-0.3, -0.25) is 0 Å². The highest BCUT2D eigenvalue weighted by Crippen LogP contribution is 2.36. The molecule has 1 aliphatic rings. The van der Waals surface area contributed by atoms with E-state index in [9.17, 15) is 5.11 Å². The van der Waals surface area contributed by atoms with Crippen molar-refractivity contribution in [2.75, 3.05) is 13.7 Å². The van der Waals surface area contributed by atoms with Crippen molar-refractivity contribution in [2.45, 2.75) is 19.8 Å². The van der Waals surface area contributed by atoms with Gasteiger partial charge in [0, 0.05) is 18.1 Å². The minimum Gasteiger partial charge on any atom is -0.496 e. The van der Waals surface area contributed by atoms with Crippen molar-refractivity contribution >= 4 is 5.57 Å². The molecule has 0 saturated heterocycles. The topological polar surface area (TPSA) is 29.5 Å². The first-order valence-electron chi connectivity index (χ1n) is 5.75. The van der Waals surface area contributed by atoms with Gasteiger partial charge in [-0.2, -0.15) is 0 Å². The predicted molar refractivity (Wildman–Crippen MR) is 65.5 cm³/mol. The predicted octanol–water partition coefficient (Wildman–Crippen LogP) is 2.65. The minimum atomic E-state index is 0.197. The lowest BCUT2D eigenvalue weighted by atomic mass is 9.84. The third-order valence-electron chi connectivity index (χ3n) is 3.23. The van der Waals surface area contributed by atoms with Crippen LogP contribution >= 0.6 is 0 Å². The van der Waals surface area contributed by atoms with Crippen molar-refractivity contribution in [1.82, 2.24) is 0 Å². The van der Waals surface area contributed by atoms with Crippen LogP contribution < -0.4 is 4.74 Å².